The molecule has 0 unspecified atom stereocenters. The Morgan fingerprint density at radius 3 is 2.44 bits per heavy atom. The maximum Gasteiger partial charge on any atom is 0.161 e. The minimum Gasteiger partial charge on any atom is -0.493 e. The van der Waals surface area contributed by atoms with Crippen molar-refractivity contribution in [3.63, 3.8) is 0 Å². The fourth-order valence-corrected chi connectivity index (χ4v) is 3.97. The second-order valence-corrected chi connectivity index (χ2v) is 8.08. The number of para-hydroxylation sites is 4. The van der Waals surface area contributed by atoms with Crippen LogP contribution < -0.4 is 14.2 Å². The quantitative estimate of drug-likeness (QED) is 0.239. The summed E-state index contributed by atoms with van der Waals surface area (Å²) in [6.07, 6.45) is 1.83. The number of fused-ring (bicyclic) bond motifs is 1. The van der Waals surface area contributed by atoms with Gasteiger partial charge in [-0.05, 0) is 55.3 Å². The molecule has 5 nitrogen and oxygen atoms in total. The number of imidazole rings is 1. The molecule has 0 aliphatic carbocycles. The first-order valence-corrected chi connectivity index (χ1v) is 11.2. The number of aryl methyl sites for hydroxylation is 1. The monoisotopic (exact) mass is 470 g/mol. The van der Waals surface area contributed by atoms with Gasteiger partial charge in [0.05, 0.1) is 29.8 Å². The Balaban J connectivity index is 1.40. The van der Waals surface area contributed by atoms with E-state index in [1.165, 1.54) is 0 Å². The number of hydrogen-bond donors (Lipinski definition) is 0. The Kier molecular flexibility index (Phi) is 7.40. The zero-order valence-corrected chi connectivity index (χ0v) is 19.3. The molecule has 0 aliphatic heterocycles. The molecule has 0 bridgehead atoms. The number of nitrogens with zero attached hydrogens (tertiary/aromatic N) is 2. The molecule has 0 radical (unpaired) electrons. The Morgan fingerprint density at radius 1 is 0.844 bits per heavy atom. The topological polar surface area (TPSA) is 45.5 Å². The van der Waals surface area contributed by atoms with Crippen LogP contribution in [0.3, 0.4) is 0 Å². The standard InChI is InChI=1S/C25H24Cl2N2O3/c1-30-23-10-4-5-11-24(23)31-15-7-6-14-29-21-9-3-2-8-20(21)28-25(29)17-32-22-13-12-18(26)16-19(22)27/h2-5,8-13,16H,6-7,14-15,17H2,1H3. The van der Waals surface area contributed by atoms with Crippen molar-refractivity contribution in [2.45, 2.75) is 26.0 Å². The van der Waals surface area contributed by atoms with E-state index in [2.05, 4.69) is 10.6 Å². The van der Waals surface area contributed by atoms with Crippen molar-refractivity contribution < 1.29 is 14.2 Å². The van der Waals surface area contributed by atoms with E-state index >= 15 is 0 Å². The lowest BCUT2D eigenvalue weighted by atomic mass is 10.3. The van der Waals surface area contributed by atoms with Gasteiger partial charge in [-0.25, -0.2) is 4.98 Å². The fourth-order valence-electron chi connectivity index (χ4n) is 3.51. The van der Waals surface area contributed by atoms with E-state index in [9.17, 15) is 0 Å². The van der Waals surface area contributed by atoms with Crippen LogP contribution in [0.15, 0.2) is 66.7 Å². The number of benzene rings is 3. The highest BCUT2D eigenvalue weighted by atomic mass is 35.5. The molecule has 32 heavy (non-hydrogen) atoms. The van der Waals surface area contributed by atoms with Crippen molar-refractivity contribution in [1.29, 1.82) is 0 Å². The van der Waals surface area contributed by atoms with E-state index in [-0.39, 0.29) is 0 Å². The third-order valence-electron chi connectivity index (χ3n) is 5.09. The molecular weight excluding hydrogens is 447 g/mol. The van der Waals surface area contributed by atoms with Gasteiger partial charge in [0.25, 0.3) is 0 Å². The van der Waals surface area contributed by atoms with Gasteiger partial charge in [0.15, 0.2) is 11.5 Å². The molecule has 0 N–H and O–H groups in total. The summed E-state index contributed by atoms with van der Waals surface area (Å²) in [6, 6.07) is 21.0. The third-order valence-corrected chi connectivity index (χ3v) is 5.62. The summed E-state index contributed by atoms with van der Waals surface area (Å²) < 4.78 is 19.4. The summed E-state index contributed by atoms with van der Waals surface area (Å²) in [6.45, 7) is 1.73. The van der Waals surface area contributed by atoms with Gasteiger partial charge in [0.2, 0.25) is 0 Å². The molecule has 1 heterocycles. The predicted molar refractivity (Wildman–Crippen MR) is 128 cm³/mol. The molecule has 3 aromatic carbocycles. The van der Waals surface area contributed by atoms with Gasteiger partial charge in [-0.15, -0.1) is 0 Å². The largest absolute Gasteiger partial charge is 0.493 e. The number of ether oxygens (including phenoxy) is 3. The van der Waals surface area contributed by atoms with E-state index in [4.69, 9.17) is 42.4 Å². The molecule has 0 aliphatic rings. The van der Waals surface area contributed by atoms with Crippen LogP contribution in [0.25, 0.3) is 11.0 Å². The molecule has 0 saturated carbocycles. The van der Waals surface area contributed by atoms with Crippen molar-refractivity contribution >= 4 is 34.2 Å². The second kappa shape index (κ2) is 10.6. The fraction of sp³-hybridized carbons (Fsp3) is 0.240. The van der Waals surface area contributed by atoms with E-state index < -0.39 is 0 Å². The molecule has 1 aromatic heterocycles. The number of methoxy groups -OCH3 is 1. The Hall–Kier alpha value is -2.89. The number of rotatable bonds is 10. The SMILES string of the molecule is COc1ccccc1OCCCCn1c(COc2ccc(Cl)cc2Cl)nc2ccccc21. The lowest BCUT2D eigenvalue weighted by Crippen LogP contribution is -2.09. The maximum atomic E-state index is 6.25. The molecule has 4 rings (SSSR count). The van der Waals surface area contributed by atoms with Gasteiger partial charge in [0, 0.05) is 11.6 Å². The molecule has 7 heteroatoms. The van der Waals surface area contributed by atoms with E-state index in [0.29, 0.717) is 29.0 Å². The summed E-state index contributed by atoms with van der Waals surface area (Å²) in [5.74, 6) is 2.94. The number of unbranched alkanes of at least 4 members (excludes halogenated alkanes) is 1. The first-order valence-electron chi connectivity index (χ1n) is 10.4. The second-order valence-electron chi connectivity index (χ2n) is 7.24. The number of hydrogen-bond acceptors (Lipinski definition) is 4. The van der Waals surface area contributed by atoms with Crippen molar-refractivity contribution in [1.82, 2.24) is 9.55 Å². The van der Waals surface area contributed by atoms with Crippen LogP contribution in [0.5, 0.6) is 17.2 Å². The molecule has 0 atom stereocenters. The van der Waals surface area contributed by atoms with Crippen molar-refractivity contribution in [3.05, 3.63) is 82.6 Å². The highest BCUT2D eigenvalue weighted by Crippen LogP contribution is 2.29. The van der Waals surface area contributed by atoms with Crippen LogP contribution in [0, 0.1) is 0 Å². The van der Waals surface area contributed by atoms with Crippen molar-refractivity contribution in [2.75, 3.05) is 13.7 Å². The van der Waals surface area contributed by atoms with E-state index in [0.717, 1.165) is 47.7 Å². The van der Waals surface area contributed by atoms with Crippen LogP contribution in [-0.2, 0) is 13.2 Å². The summed E-state index contributed by atoms with van der Waals surface area (Å²) >= 11 is 12.2. The molecule has 0 amide bonds. The number of aromatic nitrogens is 2. The smallest absolute Gasteiger partial charge is 0.161 e. The van der Waals surface area contributed by atoms with Gasteiger partial charge in [-0.3, -0.25) is 0 Å². The van der Waals surface area contributed by atoms with Crippen LogP contribution in [-0.4, -0.2) is 23.3 Å². The lowest BCUT2D eigenvalue weighted by Gasteiger charge is -2.12. The average Bonchev–Trinajstić information content (AvgIpc) is 3.16. The summed E-state index contributed by atoms with van der Waals surface area (Å²) in [5.41, 5.74) is 2.03. The minimum absolute atomic E-state index is 0.313. The van der Waals surface area contributed by atoms with Gasteiger partial charge in [-0.1, -0.05) is 47.5 Å². The summed E-state index contributed by atoms with van der Waals surface area (Å²) in [5, 5.41) is 1.05. The zero-order chi connectivity index (χ0) is 22.3. The normalized spacial score (nSPS) is 11.0. The van der Waals surface area contributed by atoms with E-state index in [1.807, 2.05) is 42.5 Å². The van der Waals surface area contributed by atoms with Crippen LogP contribution in [0.2, 0.25) is 10.0 Å². The first-order chi connectivity index (χ1) is 15.7. The summed E-state index contributed by atoms with van der Waals surface area (Å²) in [7, 11) is 1.65. The van der Waals surface area contributed by atoms with Gasteiger partial charge in [0.1, 0.15) is 18.2 Å². The van der Waals surface area contributed by atoms with Gasteiger partial charge in [-0.2, -0.15) is 0 Å². The summed E-state index contributed by atoms with van der Waals surface area (Å²) in [4.78, 5) is 4.77. The molecule has 0 fully saturated rings. The maximum absolute atomic E-state index is 6.25. The average molecular weight is 471 g/mol. The molecule has 166 valence electrons. The molecule has 4 aromatic rings. The Bertz CT molecular complexity index is 1190. The van der Waals surface area contributed by atoms with Crippen molar-refractivity contribution in [3.8, 4) is 17.2 Å². The molecule has 0 spiro atoms. The van der Waals surface area contributed by atoms with Crippen molar-refractivity contribution in [2.24, 2.45) is 0 Å². The van der Waals surface area contributed by atoms with E-state index in [1.54, 1.807) is 25.3 Å². The van der Waals surface area contributed by atoms with Crippen LogP contribution in [0.1, 0.15) is 18.7 Å². The zero-order valence-electron chi connectivity index (χ0n) is 17.8. The Morgan fingerprint density at radius 2 is 1.62 bits per heavy atom. The number of halogens is 2. The highest BCUT2D eigenvalue weighted by Gasteiger charge is 2.12. The van der Waals surface area contributed by atoms with Gasteiger partial charge < -0.3 is 18.8 Å². The first kappa shape index (κ1) is 22.3. The Labute approximate surface area is 197 Å². The van der Waals surface area contributed by atoms with Crippen LogP contribution >= 0.6 is 23.2 Å². The predicted octanol–water partition coefficient (Wildman–Crippen LogP) is 6.79. The third kappa shape index (κ3) is 5.29. The lowest BCUT2D eigenvalue weighted by molar-refractivity contribution is 0.278. The highest BCUT2D eigenvalue weighted by molar-refractivity contribution is 6.35. The van der Waals surface area contributed by atoms with Crippen LogP contribution in [0.4, 0.5) is 0 Å². The molecular formula is C25H24Cl2N2O3. The van der Waals surface area contributed by atoms with Gasteiger partial charge >= 0.3 is 0 Å². The minimum atomic E-state index is 0.313. The molecule has 0 saturated heterocycles.